The number of likely N-dealkylation sites (tertiary alicyclic amines) is 2. The van der Waals surface area contributed by atoms with Crippen LogP contribution in [0.3, 0.4) is 0 Å². The summed E-state index contributed by atoms with van der Waals surface area (Å²) < 4.78 is 11.3. The zero-order valence-corrected chi connectivity index (χ0v) is 31.0. The van der Waals surface area contributed by atoms with Crippen molar-refractivity contribution in [2.75, 3.05) is 33.7 Å². The van der Waals surface area contributed by atoms with Crippen molar-refractivity contribution < 1.29 is 43.6 Å². The van der Waals surface area contributed by atoms with Crippen LogP contribution in [0.1, 0.15) is 37.8 Å². The lowest BCUT2D eigenvalue weighted by molar-refractivity contribution is -0.385. The molecule has 0 aromatic heterocycles. The van der Waals surface area contributed by atoms with Crippen LogP contribution in [0.25, 0.3) is 0 Å². The van der Waals surface area contributed by atoms with Crippen LogP contribution >= 0.6 is 11.8 Å². The van der Waals surface area contributed by atoms with Gasteiger partial charge < -0.3 is 29.3 Å². The van der Waals surface area contributed by atoms with Gasteiger partial charge in [-0.25, -0.2) is 9.59 Å². The molecule has 2 aromatic carbocycles. The normalized spacial score (nSPS) is 25.4. The number of nitro benzene ring substituents is 2. The summed E-state index contributed by atoms with van der Waals surface area (Å²) in [4.78, 5) is 83.0. The number of fused-ring (bicyclic) bond motifs is 1. The molecule has 1 N–H and O–H groups in total. The van der Waals surface area contributed by atoms with E-state index in [1.807, 2.05) is 21.0 Å². The van der Waals surface area contributed by atoms with Crippen LogP contribution in [-0.4, -0.2) is 122 Å². The minimum absolute atomic E-state index is 0.0387. The Bertz CT molecular complexity index is 1850. The van der Waals surface area contributed by atoms with Crippen LogP contribution < -0.4 is 0 Å². The molecule has 0 spiro atoms. The number of rotatable bonds is 12. The molecule has 18 heteroatoms. The van der Waals surface area contributed by atoms with Crippen LogP contribution in [-0.2, 0) is 37.1 Å². The number of thioether (sulfide) groups is 1. The fraction of sp³-hybridized carbons (Fsp3) is 0.500. The van der Waals surface area contributed by atoms with Crippen molar-refractivity contribution in [1.29, 1.82) is 0 Å². The molecule has 6 rings (SSSR count). The molecular weight excluding hydrogens is 724 g/mol. The standard InChI is InChI=1S/C36H42N6O11S/c1-20-30-29(21(2)43)34(45)40(30)31(35(46)52-18-22-5-9-24(10-6-22)41(48)49)32(20)54-27-15-28(33(44)38-14-13-26(16-38)37(3)4)39(17-27)36(47)53-19-23-7-11-25(12-8-23)42(50)51/h5-12,20-21,26-30,43H,13-19H2,1-4H3/t20-,21-,26+,27+,28+,29-,30-/m1/s1. The number of hydrogen-bond acceptors (Lipinski definition) is 13. The first-order valence-corrected chi connectivity index (χ1v) is 18.5. The highest BCUT2D eigenvalue weighted by atomic mass is 32.2. The van der Waals surface area contributed by atoms with Gasteiger partial charge in [0.2, 0.25) is 11.8 Å². The summed E-state index contributed by atoms with van der Waals surface area (Å²) >= 11 is 1.29. The lowest BCUT2D eigenvalue weighted by Gasteiger charge is -2.46. The van der Waals surface area contributed by atoms with Crippen LogP contribution in [0.5, 0.6) is 0 Å². The van der Waals surface area contributed by atoms with Crippen molar-refractivity contribution in [3.8, 4) is 0 Å². The average molecular weight is 767 g/mol. The minimum Gasteiger partial charge on any atom is -0.456 e. The van der Waals surface area contributed by atoms with Gasteiger partial charge in [-0.3, -0.25) is 34.7 Å². The first kappa shape index (κ1) is 38.6. The number of aliphatic hydroxyl groups is 1. The number of hydrogen-bond donors (Lipinski definition) is 1. The topological polar surface area (TPSA) is 206 Å². The Kier molecular flexibility index (Phi) is 11.3. The lowest BCUT2D eigenvalue weighted by Crippen LogP contribution is -2.63. The van der Waals surface area contributed by atoms with Gasteiger partial charge in [0, 0.05) is 66.0 Å². The summed E-state index contributed by atoms with van der Waals surface area (Å²) in [6.07, 6.45) is -0.690. The second-order valence-electron chi connectivity index (χ2n) is 14.3. The molecule has 0 aliphatic carbocycles. The highest BCUT2D eigenvalue weighted by molar-refractivity contribution is 8.03. The van der Waals surface area contributed by atoms with Gasteiger partial charge in [0.05, 0.1) is 27.9 Å². The second kappa shape index (κ2) is 15.7. The maximum Gasteiger partial charge on any atom is 0.410 e. The van der Waals surface area contributed by atoms with E-state index in [-0.39, 0.29) is 61.1 Å². The summed E-state index contributed by atoms with van der Waals surface area (Å²) in [6.45, 7) is 4.11. The SMILES string of the molecule is C[C@@H](O)[C@H]1C(=O)N2C(C(=O)OCc3ccc([N+](=O)[O-])cc3)=C(S[C@H]3C[C@@H](C(=O)N4CC[C@H](N(C)C)C4)N(C(=O)OCc4ccc([N+](=O)[O-])cc4)C3)[C@H](C)[C@H]12. The molecule has 3 amide bonds. The number of nitrogens with zero attached hydrogens (tertiary/aromatic N) is 6. The Morgan fingerprint density at radius 3 is 2.06 bits per heavy atom. The molecule has 4 aliphatic heterocycles. The molecule has 17 nitrogen and oxygen atoms in total. The number of carbonyl (C=O) groups excluding carboxylic acids is 4. The average Bonchev–Trinajstić information content (AvgIpc) is 3.86. The molecule has 0 saturated carbocycles. The van der Waals surface area contributed by atoms with E-state index in [0.29, 0.717) is 29.1 Å². The van der Waals surface area contributed by atoms with E-state index in [1.165, 1.54) is 77.0 Å². The van der Waals surface area contributed by atoms with E-state index in [0.717, 1.165) is 6.42 Å². The van der Waals surface area contributed by atoms with Crippen LogP contribution in [0, 0.1) is 32.1 Å². The van der Waals surface area contributed by atoms with Crippen molar-refractivity contribution in [3.63, 3.8) is 0 Å². The predicted octanol–water partition coefficient (Wildman–Crippen LogP) is 3.29. The van der Waals surface area contributed by atoms with Gasteiger partial charge in [0.15, 0.2) is 0 Å². The number of esters is 1. The summed E-state index contributed by atoms with van der Waals surface area (Å²) in [5.74, 6) is -2.54. The number of benzene rings is 2. The fourth-order valence-corrected chi connectivity index (χ4v) is 9.13. The molecule has 4 heterocycles. The summed E-state index contributed by atoms with van der Waals surface area (Å²) in [5.41, 5.74) is 0.847. The fourth-order valence-electron chi connectivity index (χ4n) is 7.61. The second-order valence-corrected chi connectivity index (χ2v) is 15.6. The maximum atomic E-state index is 14.1. The van der Waals surface area contributed by atoms with E-state index in [2.05, 4.69) is 4.90 Å². The molecule has 288 valence electrons. The van der Waals surface area contributed by atoms with Gasteiger partial charge in [-0.15, -0.1) is 11.8 Å². The summed E-state index contributed by atoms with van der Waals surface area (Å²) in [5, 5.41) is 32.2. The van der Waals surface area contributed by atoms with Crippen molar-refractivity contribution in [3.05, 3.63) is 90.5 Å². The smallest absolute Gasteiger partial charge is 0.410 e. The van der Waals surface area contributed by atoms with Crippen molar-refractivity contribution >= 4 is 47.0 Å². The lowest BCUT2D eigenvalue weighted by atomic mass is 9.79. The van der Waals surface area contributed by atoms with Crippen molar-refractivity contribution in [2.24, 2.45) is 11.8 Å². The third kappa shape index (κ3) is 7.63. The monoisotopic (exact) mass is 766 g/mol. The van der Waals surface area contributed by atoms with Gasteiger partial charge in [-0.2, -0.15) is 0 Å². The summed E-state index contributed by atoms with van der Waals surface area (Å²) in [6, 6.07) is 9.94. The molecule has 0 bridgehead atoms. The molecule has 4 aliphatic rings. The number of ether oxygens (including phenoxy) is 2. The maximum absolute atomic E-state index is 14.1. The number of likely N-dealkylation sites (N-methyl/N-ethyl adjacent to an activating group) is 1. The molecule has 2 aromatic rings. The predicted molar refractivity (Wildman–Crippen MR) is 193 cm³/mol. The van der Waals surface area contributed by atoms with Gasteiger partial charge >= 0.3 is 12.1 Å². The molecule has 3 fully saturated rings. The number of non-ortho nitro benzene ring substituents is 2. The van der Waals surface area contributed by atoms with Crippen molar-refractivity contribution in [1.82, 2.24) is 19.6 Å². The Hall–Kier alpha value is -5.07. The van der Waals surface area contributed by atoms with Gasteiger partial charge in [-0.05, 0) is 69.3 Å². The van der Waals surface area contributed by atoms with Gasteiger partial charge in [-0.1, -0.05) is 6.92 Å². The van der Waals surface area contributed by atoms with Crippen LogP contribution in [0.4, 0.5) is 16.2 Å². The Balaban J connectivity index is 1.23. The molecular formula is C36H42N6O11S. The summed E-state index contributed by atoms with van der Waals surface area (Å²) in [7, 11) is 3.90. The van der Waals surface area contributed by atoms with Crippen LogP contribution in [0.2, 0.25) is 0 Å². The molecule has 54 heavy (non-hydrogen) atoms. The first-order chi connectivity index (χ1) is 25.7. The Morgan fingerprint density at radius 1 is 0.963 bits per heavy atom. The Labute approximate surface area is 315 Å². The van der Waals surface area contributed by atoms with Crippen LogP contribution in [0.15, 0.2) is 59.1 Å². The van der Waals surface area contributed by atoms with E-state index >= 15 is 0 Å². The minimum atomic E-state index is -0.969. The third-order valence-electron chi connectivity index (χ3n) is 10.6. The number of amides is 3. The van der Waals surface area contributed by atoms with E-state index in [4.69, 9.17) is 9.47 Å². The number of carbonyl (C=O) groups is 4. The van der Waals surface area contributed by atoms with E-state index in [1.54, 1.807) is 4.90 Å². The highest BCUT2D eigenvalue weighted by Crippen LogP contribution is 2.52. The number of nitro groups is 2. The largest absolute Gasteiger partial charge is 0.456 e. The zero-order chi connectivity index (χ0) is 39.0. The number of β-lactam (4-membered cyclic amide) rings is 1. The van der Waals surface area contributed by atoms with Gasteiger partial charge in [0.1, 0.15) is 25.0 Å². The quantitative estimate of drug-likeness (QED) is 0.143. The highest BCUT2D eigenvalue weighted by Gasteiger charge is 2.60. The van der Waals surface area contributed by atoms with Crippen molar-refractivity contribution in [2.45, 2.75) is 69.4 Å². The molecule has 3 saturated heterocycles. The molecule has 0 unspecified atom stereocenters. The third-order valence-corrected chi connectivity index (χ3v) is 12.1. The number of aliphatic hydroxyl groups excluding tert-OH is 1. The molecule has 0 radical (unpaired) electrons. The van der Waals surface area contributed by atoms with E-state index < -0.39 is 57.2 Å². The first-order valence-electron chi connectivity index (χ1n) is 17.6. The zero-order valence-electron chi connectivity index (χ0n) is 30.2. The Morgan fingerprint density at radius 2 is 1.54 bits per heavy atom. The molecule has 7 atom stereocenters. The van der Waals surface area contributed by atoms with E-state index in [9.17, 15) is 44.5 Å². The van der Waals surface area contributed by atoms with Gasteiger partial charge in [0.25, 0.3) is 11.4 Å².